The van der Waals surface area contributed by atoms with E-state index < -0.39 is 26.9 Å². The first kappa shape index (κ1) is 32.7. The molecule has 0 amide bonds. The Hall–Kier alpha value is -0.450. The van der Waals surface area contributed by atoms with E-state index in [-0.39, 0.29) is 16.3 Å². The van der Waals surface area contributed by atoms with E-state index in [2.05, 4.69) is 27.7 Å². The third-order valence-electron chi connectivity index (χ3n) is 6.00. The van der Waals surface area contributed by atoms with Gasteiger partial charge in [-0.3, -0.25) is 4.55 Å². The van der Waals surface area contributed by atoms with E-state index in [1.165, 1.54) is 12.2 Å². The first-order chi connectivity index (χ1) is 14.2. The quantitative estimate of drug-likeness (QED) is 0.0996. The predicted octanol–water partition coefficient (Wildman–Crippen LogP) is 6.93. The molecule has 0 aliphatic rings. The van der Waals surface area contributed by atoms with E-state index in [1.54, 1.807) is 6.92 Å². The summed E-state index contributed by atoms with van der Waals surface area (Å²) in [5, 5.41) is -1.08. The number of hydrogen-bond acceptors (Lipinski definition) is 4. The first-order valence-corrected chi connectivity index (χ1v) is 13.6. The summed E-state index contributed by atoms with van der Waals surface area (Å²) in [6, 6.07) is 0. The minimum Gasteiger partial charge on any atom is -0.456 e. The number of ether oxygens (including phenoxy) is 1. The Kier molecular flexibility index (Phi) is 19.0. The average molecular weight is 481 g/mol. The summed E-state index contributed by atoms with van der Waals surface area (Å²) in [7, 11) is -4.22. The van der Waals surface area contributed by atoms with Crippen LogP contribution in [0, 0.1) is 5.92 Å². The topological polar surface area (TPSA) is 80.7 Å². The van der Waals surface area contributed by atoms with E-state index >= 15 is 0 Å². The molecule has 31 heavy (non-hydrogen) atoms. The van der Waals surface area contributed by atoms with Gasteiger partial charge in [0.2, 0.25) is 0 Å². The Labute approximate surface area is 195 Å². The fourth-order valence-electron chi connectivity index (χ4n) is 4.11. The van der Waals surface area contributed by atoms with Gasteiger partial charge >= 0.3 is 5.97 Å². The van der Waals surface area contributed by atoms with Gasteiger partial charge in [0.1, 0.15) is 10.9 Å². The molecule has 2 atom stereocenters. The first-order valence-electron chi connectivity index (χ1n) is 12.1. The summed E-state index contributed by atoms with van der Waals surface area (Å²) in [5.74, 6) is -0.182. The third-order valence-corrected chi connectivity index (χ3v) is 7.25. The molecule has 0 heterocycles. The Morgan fingerprint density at radius 2 is 1.35 bits per heavy atom. The molecule has 0 bridgehead atoms. The standard InChI is InChI=1S/C24H46O5S.H3P/c1-6-11-15-21(16-12-7-2)24(19-13-8-3,20-14-9-4)29-23(25)18-17-22(10-5)30(26,27)28;/h17-18,21-22H,6-16,19-20H2,1-5H3,(H,26,27,28);1H3/b18-17+;. The van der Waals surface area contributed by atoms with Crippen LogP contribution in [0.3, 0.4) is 0 Å². The van der Waals surface area contributed by atoms with Crippen molar-refractivity contribution < 1.29 is 22.5 Å². The summed E-state index contributed by atoms with van der Waals surface area (Å²) in [6.07, 6.45) is 15.0. The van der Waals surface area contributed by atoms with Crippen molar-refractivity contribution in [3.8, 4) is 0 Å². The number of carbonyl (C=O) groups is 1. The molecule has 186 valence electrons. The number of esters is 1. The van der Waals surface area contributed by atoms with Crippen molar-refractivity contribution in [2.75, 3.05) is 0 Å². The Bertz CT molecular complexity index is 573. The van der Waals surface area contributed by atoms with E-state index in [1.807, 2.05) is 0 Å². The summed E-state index contributed by atoms with van der Waals surface area (Å²) in [5.41, 5.74) is -0.502. The van der Waals surface area contributed by atoms with Crippen LogP contribution >= 0.6 is 9.90 Å². The second-order valence-corrected chi connectivity index (χ2v) is 10.1. The van der Waals surface area contributed by atoms with Crippen molar-refractivity contribution in [1.29, 1.82) is 0 Å². The molecule has 0 saturated heterocycles. The zero-order valence-corrected chi connectivity index (χ0v) is 22.9. The number of rotatable bonds is 18. The lowest BCUT2D eigenvalue weighted by Crippen LogP contribution is -2.43. The van der Waals surface area contributed by atoms with Crippen LogP contribution in [0.25, 0.3) is 0 Å². The fourth-order valence-corrected chi connectivity index (χ4v) is 4.81. The minimum atomic E-state index is -4.22. The van der Waals surface area contributed by atoms with Gasteiger partial charge < -0.3 is 4.74 Å². The maximum Gasteiger partial charge on any atom is 0.331 e. The third kappa shape index (κ3) is 13.0. The molecule has 0 spiro atoms. The summed E-state index contributed by atoms with van der Waals surface area (Å²) in [4.78, 5) is 12.8. The van der Waals surface area contributed by atoms with E-state index in [9.17, 15) is 17.8 Å². The number of unbranched alkanes of at least 4 members (excludes halogenated alkanes) is 4. The van der Waals surface area contributed by atoms with Crippen LogP contribution in [0.1, 0.15) is 118 Å². The highest BCUT2D eigenvalue weighted by atomic mass is 32.2. The predicted molar refractivity (Wildman–Crippen MR) is 136 cm³/mol. The van der Waals surface area contributed by atoms with Crippen LogP contribution in [-0.4, -0.2) is 29.8 Å². The van der Waals surface area contributed by atoms with Gasteiger partial charge in [0, 0.05) is 6.08 Å². The van der Waals surface area contributed by atoms with Gasteiger partial charge in [-0.15, -0.1) is 0 Å². The highest BCUT2D eigenvalue weighted by Crippen LogP contribution is 2.40. The molecular formula is C24H49O5PS. The largest absolute Gasteiger partial charge is 0.456 e. The van der Waals surface area contributed by atoms with Crippen LogP contribution in [0.2, 0.25) is 0 Å². The number of carbonyl (C=O) groups excluding carboxylic acids is 1. The van der Waals surface area contributed by atoms with Gasteiger partial charge in [-0.2, -0.15) is 18.3 Å². The lowest BCUT2D eigenvalue weighted by atomic mass is 9.74. The molecule has 0 aliphatic heterocycles. The second kappa shape index (κ2) is 18.0. The van der Waals surface area contributed by atoms with Gasteiger partial charge in [0.15, 0.2) is 0 Å². The number of hydrogen-bond donors (Lipinski definition) is 1. The monoisotopic (exact) mass is 480 g/mol. The molecular weight excluding hydrogens is 431 g/mol. The maximum absolute atomic E-state index is 12.8. The van der Waals surface area contributed by atoms with E-state index in [0.29, 0.717) is 5.92 Å². The van der Waals surface area contributed by atoms with Crippen molar-refractivity contribution in [2.45, 2.75) is 129 Å². The second-order valence-electron chi connectivity index (χ2n) is 8.50. The smallest absolute Gasteiger partial charge is 0.331 e. The summed E-state index contributed by atoms with van der Waals surface area (Å²) >= 11 is 0. The van der Waals surface area contributed by atoms with Crippen LogP contribution in [0.4, 0.5) is 0 Å². The van der Waals surface area contributed by atoms with Crippen molar-refractivity contribution in [2.24, 2.45) is 5.92 Å². The van der Waals surface area contributed by atoms with Crippen LogP contribution in [-0.2, 0) is 19.6 Å². The van der Waals surface area contributed by atoms with E-state index in [4.69, 9.17) is 4.74 Å². The molecule has 0 rings (SSSR count). The average Bonchev–Trinajstić information content (AvgIpc) is 2.69. The molecule has 0 fully saturated rings. The fraction of sp³-hybridized carbons (Fsp3) is 0.875. The van der Waals surface area contributed by atoms with Gasteiger partial charge in [-0.05, 0) is 50.9 Å². The van der Waals surface area contributed by atoms with Crippen molar-refractivity contribution in [3.05, 3.63) is 12.2 Å². The molecule has 0 aromatic heterocycles. The van der Waals surface area contributed by atoms with Gasteiger partial charge in [-0.25, -0.2) is 4.79 Å². The molecule has 0 radical (unpaired) electrons. The van der Waals surface area contributed by atoms with Crippen molar-refractivity contribution >= 4 is 26.0 Å². The molecule has 2 unspecified atom stereocenters. The van der Waals surface area contributed by atoms with Gasteiger partial charge in [0.25, 0.3) is 10.1 Å². The Balaban J connectivity index is 0. The lowest BCUT2D eigenvalue weighted by molar-refractivity contribution is -0.164. The summed E-state index contributed by atoms with van der Waals surface area (Å²) < 4.78 is 38.4. The maximum atomic E-state index is 12.8. The highest BCUT2D eigenvalue weighted by Gasteiger charge is 2.40. The van der Waals surface area contributed by atoms with Crippen molar-refractivity contribution in [1.82, 2.24) is 0 Å². The molecule has 7 heteroatoms. The molecule has 0 saturated carbocycles. The highest BCUT2D eigenvalue weighted by molar-refractivity contribution is 7.86. The van der Waals surface area contributed by atoms with Crippen LogP contribution in [0.5, 0.6) is 0 Å². The molecule has 1 N–H and O–H groups in total. The molecule has 0 aliphatic carbocycles. The van der Waals surface area contributed by atoms with Gasteiger partial charge in [0.05, 0.1) is 0 Å². The van der Waals surface area contributed by atoms with Crippen LogP contribution in [0.15, 0.2) is 12.2 Å². The SMILES string of the molecule is CCCCC(CCCC)C(CCCC)(CCCC)OC(=O)/C=C/C(CC)S(=O)(=O)O.P. The Morgan fingerprint density at radius 3 is 1.71 bits per heavy atom. The minimum absolute atomic E-state index is 0. The Morgan fingerprint density at radius 1 is 0.903 bits per heavy atom. The zero-order chi connectivity index (χ0) is 23.0. The normalized spacial score (nSPS) is 13.4. The zero-order valence-electron chi connectivity index (χ0n) is 20.7. The van der Waals surface area contributed by atoms with Crippen molar-refractivity contribution in [3.63, 3.8) is 0 Å². The summed E-state index contributed by atoms with van der Waals surface area (Å²) in [6.45, 7) is 10.3. The van der Waals surface area contributed by atoms with Gasteiger partial charge in [-0.1, -0.05) is 79.2 Å². The molecule has 0 aromatic carbocycles. The molecule has 5 nitrogen and oxygen atoms in total. The van der Waals surface area contributed by atoms with E-state index in [0.717, 1.165) is 77.0 Å². The molecule has 0 aromatic rings. The lowest BCUT2D eigenvalue weighted by Gasteiger charge is -2.41. The van der Waals surface area contributed by atoms with Crippen LogP contribution < -0.4 is 0 Å².